The van der Waals surface area contributed by atoms with Gasteiger partial charge >= 0.3 is 6.09 Å². The molecular weight excluding hydrogens is 206 g/mol. The molecule has 0 aliphatic carbocycles. The first-order chi connectivity index (χ1) is 7.81. The van der Waals surface area contributed by atoms with Crippen molar-refractivity contribution in [2.24, 2.45) is 0 Å². The van der Waals surface area contributed by atoms with Gasteiger partial charge in [0.05, 0.1) is 0 Å². The molecular formula is C12H15NO3. The fourth-order valence-corrected chi connectivity index (χ4v) is 1.84. The van der Waals surface area contributed by atoms with Crippen molar-refractivity contribution >= 4 is 6.09 Å². The van der Waals surface area contributed by atoms with Crippen molar-refractivity contribution in [3.8, 4) is 5.75 Å². The van der Waals surface area contributed by atoms with Crippen molar-refractivity contribution in [3.05, 3.63) is 30.3 Å². The van der Waals surface area contributed by atoms with E-state index in [9.17, 15) is 4.79 Å². The van der Waals surface area contributed by atoms with Gasteiger partial charge in [0.15, 0.2) is 0 Å². The Bertz CT molecular complexity index is 353. The molecule has 1 heterocycles. The Hall–Kier alpha value is -1.55. The van der Waals surface area contributed by atoms with E-state index < -0.39 is 0 Å². The summed E-state index contributed by atoms with van der Waals surface area (Å²) in [6.45, 7) is 0.699. The van der Waals surface area contributed by atoms with Crippen LogP contribution >= 0.6 is 0 Å². The SMILES string of the molecule is COC1CCCN1C(=O)Oc1ccccc1. The molecule has 1 aliphatic rings. The maximum absolute atomic E-state index is 11.8. The van der Waals surface area contributed by atoms with Crippen LogP contribution in [0, 0.1) is 0 Å². The predicted molar refractivity (Wildman–Crippen MR) is 59.2 cm³/mol. The Morgan fingerprint density at radius 2 is 2.12 bits per heavy atom. The van der Waals surface area contributed by atoms with E-state index in [1.165, 1.54) is 0 Å². The highest BCUT2D eigenvalue weighted by molar-refractivity contribution is 5.71. The summed E-state index contributed by atoms with van der Waals surface area (Å²) in [6, 6.07) is 9.07. The maximum Gasteiger partial charge on any atom is 0.417 e. The van der Waals surface area contributed by atoms with Crippen molar-refractivity contribution < 1.29 is 14.3 Å². The highest BCUT2D eigenvalue weighted by Gasteiger charge is 2.29. The van der Waals surface area contributed by atoms with Crippen molar-refractivity contribution in [3.63, 3.8) is 0 Å². The van der Waals surface area contributed by atoms with Gasteiger partial charge in [-0.3, -0.25) is 4.90 Å². The number of hydrogen-bond donors (Lipinski definition) is 0. The third-order valence-electron chi connectivity index (χ3n) is 2.65. The van der Waals surface area contributed by atoms with Crippen LogP contribution in [-0.4, -0.2) is 30.9 Å². The molecule has 0 radical (unpaired) electrons. The minimum atomic E-state index is -0.337. The van der Waals surface area contributed by atoms with Crippen molar-refractivity contribution in [2.45, 2.75) is 19.1 Å². The molecule has 0 spiro atoms. The molecule has 86 valence electrons. The Morgan fingerprint density at radius 1 is 1.38 bits per heavy atom. The largest absolute Gasteiger partial charge is 0.417 e. The second kappa shape index (κ2) is 4.99. The van der Waals surface area contributed by atoms with Crippen LogP contribution in [0.2, 0.25) is 0 Å². The van der Waals surface area contributed by atoms with E-state index >= 15 is 0 Å². The van der Waals surface area contributed by atoms with Crippen LogP contribution in [0.4, 0.5) is 4.79 Å². The van der Waals surface area contributed by atoms with Crippen LogP contribution in [0.3, 0.4) is 0 Å². The first-order valence-electron chi connectivity index (χ1n) is 5.37. The Morgan fingerprint density at radius 3 is 2.81 bits per heavy atom. The molecule has 2 rings (SSSR count). The second-order valence-electron chi connectivity index (χ2n) is 3.71. The topological polar surface area (TPSA) is 38.8 Å². The fraction of sp³-hybridized carbons (Fsp3) is 0.417. The summed E-state index contributed by atoms with van der Waals surface area (Å²) < 4.78 is 10.4. The lowest BCUT2D eigenvalue weighted by Gasteiger charge is -2.22. The quantitative estimate of drug-likeness (QED) is 0.768. The third kappa shape index (κ3) is 2.33. The standard InChI is InChI=1S/C12H15NO3/c1-15-11-8-5-9-13(11)12(14)16-10-6-3-2-4-7-10/h2-4,6-7,11H,5,8-9H2,1H3. The number of nitrogens with zero attached hydrogens (tertiary/aromatic N) is 1. The van der Waals surface area contributed by atoms with Gasteiger partial charge in [-0.25, -0.2) is 4.79 Å². The zero-order chi connectivity index (χ0) is 11.4. The number of hydrogen-bond acceptors (Lipinski definition) is 3. The van der Waals surface area contributed by atoms with Crippen LogP contribution in [-0.2, 0) is 4.74 Å². The molecule has 1 fully saturated rings. The van der Waals surface area contributed by atoms with Gasteiger partial charge in [-0.2, -0.15) is 0 Å². The van der Waals surface area contributed by atoms with Gasteiger partial charge in [0, 0.05) is 13.7 Å². The monoisotopic (exact) mass is 221 g/mol. The number of para-hydroxylation sites is 1. The van der Waals surface area contributed by atoms with E-state index in [-0.39, 0.29) is 12.3 Å². The van der Waals surface area contributed by atoms with Crippen molar-refractivity contribution in [1.82, 2.24) is 4.90 Å². The number of benzene rings is 1. The number of ether oxygens (including phenoxy) is 2. The molecule has 1 unspecified atom stereocenters. The molecule has 1 aromatic rings. The van der Waals surface area contributed by atoms with E-state index in [1.807, 2.05) is 18.2 Å². The molecule has 0 bridgehead atoms. The minimum absolute atomic E-state index is 0.142. The van der Waals surface area contributed by atoms with Gasteiger partial charge in [0.2, 0.25) is 0 Å². The summed E-state index contributed by atoms with van der Waals surface area (Å²) in [5, 5.41) is 0. The zero-order valence-corrected chi connectivity index (χ0v) is 9.26. The van der Waals surface area contributed by atoms with Crippen LogP contribution in [0.25, 0.3) is 0 Å². The van der Waals surface area contributed by atoms with Crippen LogP contribution in [0.1, 0.15) is 12.8 Å². The Balaban J connectivity index is 1.98. The number of amides is 1. The van der Waals surface area contributed by atoms with Gasteiger partial charge < -0.3 is 9.47 Å². The summed E-state index contributed by atoms with van der Waals surface area (Å²) in [5.41, 5.74) is 0. The number of carbonyl (C=O) groups excluding carboxylic acids is 1. The molecule has 1 atom stereocenters. The first-order valence-corrected chi connectivity index (χ1v) is 5.37. The van der Waals surface area contributed by atoms with E-state index in [2.05, 4.69) is 0 Å². The number of methoxy groups -OCH3 is 1. The molecule has 1 aliphatic heterocycles. The zero-order valence-electron chi connectivity index (χ0n) is 9.26. The van der Waals surface area contributed by atoms with Gasteiger partial charge in [-0.1, -0.05) is 18.2 Å². The lowest BCUT2D eigenvalue weighted by atomic mass is 10.3. The summed E-state index contributed by atoms with van der Waals surface area (Å²) >= 11 is 0. The second-order valence-corrected chi connectivity index (χ2v) is 3.71. The van der Waals surface area contributed by atoms with Gasteiger partial charge in [-0.05, 0) is 25.0 Å². The molecule has 0 aromatic heterocycles. The van der Waals surface area contributed by atoms with Gasteiger partial charge in [-0.15, -0.1) is 0 Å². The Labute approximate surface area is 94.8 Å². The molecule has 1 amide bonds. The molecule has 0 N–H and O–H groups in total. The molecule has 16 heavy (non-hydrogen) atoms. The number of carbonyl (C=O) groups is 1. The fourth-order valence-electron chi connectivity index (χ4n) is 1.84. The lowest BCUT2D eigenvalue weighted by Crippen LogP contribution is -2.38. The lowest BCUT2D eigenvalue weighted by molar-refractivity contribution is 0.00653. The first kappa shape index (κ1) is 11.0. The van der Waals surface area contributed by atoms with Crippen LogP contribution in [0.15, 0.2) is 30.3 Å². The maximum atomic E-state index is 11.8. The van der Waals surface area contributed by atoms with E-state index in [1.54, 1.807) is 24.1 Å². The summed E-state index contributed by atoms with van der Waals surface area (Å²) in [6.07, 6.45) is 1.36. The van der Waals surface area contributed by atoms with Crippen molar-refractivity contribution in [1.29, 1.82) is 0 Å². The highest BCUT2D eigenvalue weighted by Crippen LogP contribution is 2.19. The van der Waals surface area contributed by atoms with Gasteiger partial charge in [0.1, 0.15) is 12.0 Å². The minimum Gasteiger partial charge on any atom is -0.410 e. The van der Waals surface area contributed by atoms with Crippen LogP contribution < -0.4 is 4.74 Å². The Kier molecular flexibility index (Phi) is 3.41. The van der Waals surface area contributed by atoms with E-state index in [0.717, 1.165) is 12.8 Å². The number of rotatable bonds is 2. The molecule has 1 aromatic carbocycles. The smallest absolute Gasteiger partial charge is 0.410 e. The summed E-state index contributed by atoms with van der Waals surface area (Å²) in [7, 11) is 1.61. The molecule has 4 nitrogen and oxygen atoms in total. The number of likely N-dealkylation sites (tertiary alicyclic amines) is 1. The average molecular weight is 221 g/mol. The normalized spacial score (nSPS) is 19.8. The summed E-state index contributed by atoms with van der Waals surface area (Å²) in [4.78, 5) is 13.4. The highest BCUT2D eigenvalue weighted by atomic mass is 16.6. The van der Waals surface area contributed by atoms with E-state index in [4.69, 9.17) is 9.47 Å². The van der Waals surface area contributed by atoms with Gasteiger partial charge in [0.25, 0.3) is 0 Å². The third-order valence-corrected chi connectivity index (χ3v) is 2.65. The molecule has 0 saturated carbocycles. The predicted octanol–water partition coefficient (Wildman–Crippen LogP) is 2.25. The van der Waals surface area contributed by atoms with E-state index in [0.29, 0.717) is 12.3 Å². The average Bonchev–Trinajstić information content (AvgIpc) is 2.78. The molecule has 1 saturated heterocycles. The van der Waals surface area contributed by atoms with Crippen molar-refractivity contribution in [2.75, 3.05) is 13.7 Å². The van der Waals surface area contributed by atoms with Crippen LogP contribution in [0.5, 0.6) is 5.75 Å². The summed E-state index contributed by atoms with van der Waals surface area (Å²) in [5.74, 6) is 0.564. The molecule has 4 heteroatoms.